The zero-order chi connectivity index (χ0) is 9.68. The number of rotatable bonds is 4. The van der Waals surface area contributed by atoms with Gasteiger partial charge in [0.2, 0.25) is 0 Å². The highest BCUT2D eigenvalue weighted by Gasteiger charge is 2.24. The number of nitrogens with one attached hydrogen (secondary N) is 1. The Morgan fingerprint density at radius 1 is 1.62 bits per heavy atom. The summed E-state index contributed by atoms with van der Waals surface area (Å²) < 4.78 is 5.03. The van der Waals surface area contributed by atoms with Crippen molar-refractivity contribution in [2.75, 3.05) is 40.0 Å². The van der Waals surface area contributed by atoms with Crippen molar-refractivity contribution < 1.29 is 9.84 Å². The second-order valence-corrected chi connectivity index (χ2v) is 3.63. The van der Waals surface area contributed by atoms with E-state index < -0.39 is 0 Å². The molecule has 0 aromatic carbocycles. The molecule has 0 aliphatic carbocycles. The van der Waals surface area contributed by atoms with Crippen LogP contribution in [0.3, 0.4) is 0 Å². The molecular weight excluding hydrogens is 168 g/mol. The third kappa shape index (κ3) is 3.23. The molecule has 1 aliphatic rings. The van der Waals surface area contributed by atoms with Gasteiger partial charge in [-0.1, -0.05) is 0 Å². The van der Waals surface area contributed by atoms with E-state index in [0.717, 1.165) is 26.2 Å². The highest BCUT2D eigenvalue weighted by atomic mass is 16.5. The minimum absolute atomic E-state index is 0.226. The normalized spacial score (nSPS) is 30.7. The molecule has 1 fully saturated rings. The molecule has 0 spiro atoms. The fourth-order valence-electron chi connectivity index (χ4n) is 1.69. The number of aliphatic hydroxyl groups excluding tert-OH is 1. The number of nitrogens with zero attached hydrogens (tertiary/aromatic N) is 1. The van der Waals surface area contributed by atoms with Crippen LogP contribution >= 0.6 is 0 Å². The molecule has 0 radical (unpaired) electrons. The van der Waals surface area contributed by atoms with Crippen molar-refractivity contribution in [3.05, 3.63) is 0 Å². The Morgan fingerprint density at radius 2 is 2.38 bits per heavy atom. The molecular formula is C9H20N2O2. The number of piperazine rings is 1. The van der Waals surface area contributed by atoms with E-state index in [0.29, 0.717) is 6.04 Å². The lowest BCUT2D eigenvalue weighted by atomic mass is 10.1. The Bertz CT molecular complexity index is 144. The van der Waals surface area contributed by atoms with Crippen LogP contribution in [0.25, 0.3) is 0 Å². The summed E-state index contributed by atoms with van der Waals surface area (Å²) in [5.41, 5.74) is 0. The average molecular weight is 188 g/mol. The van der Waals surface area contributed by atoms with Gasteiger partial charge >= 0.3 is 0 Å². The molecule has 0 aromatic heterocycles. The van der Waals surface area contributed by atoms with Crippen molar-refractivity contribution in [2.24, 2.45) is 0 Å². The predicted molar refractivity (Wildman–Crippen MR) is 51.8 cm³/mol. The molecule has 0 amide bonds. The fourth-order valence-corrected chi connectivity index (χ4v) is 1.69. The van der Waals surface area contributed by atoms with Crippen molar-refractivity contribution in [1.82, 2.24) is 10.2 Å². The third-order valence-corrected chi connectivity index (χ3v) is 2.52. The van der Waals surface area contributed by atoms with Crippen LogP contribution in [-0.2, 0) is 4.74 Å². The molecule has 2 unspecified atom stereocenters. The largest absolute Gasteiger partial charge is 0.395 e. The number of hydrogen-bond donors (Lipinski definition) is 2. The van der Waals surface area contributed by atoms with E-state index in [1.165, 1.54) is 0 Å². The van der Waals surface area contributed by atoms with E-state index in [2.05, 4.69) is 17.1 Å². The quantitative estimate of drug-likeness (QED) is 0.611. The highest BCUT2D eigenvalue weighted by molar-refractivity contribution is 4.83. The topological polar surface area (TPSA) is 44.7 Å². The van der Waals surface area contributed by atoms with Crippen LogP contribution in [0, 0.1) is 0 Å². The third-order valence-electron chi connectivity index (χ3n) is 2.52. The Kier molecular flexibility index (Phi) is 4.66. The highest BCUT2D eigenvalue weighted by Crippen LogP contribution is 2.05. The average Bonchev–Trinajstić information content (AvgIpc) is 2.15. The van der Waals surface area contributed by atoms with Crippen molar-refractivity contribution in [3.8, 4) is 0 Å². The maximum atomic E-state index is 9.12. The zero-order valence-electron chi connectivity index (χ0n) is 8.49. The van der Waals surface area contributed by atoms with Gasteiger partial charge in [0, 0.05) is 38.8 Å². The van der Waals surface area contributed by atoms with Crippen molar-refractivity contribution in [1.29, 1.82) is 0 Å². The molecule has 1 aliphatic heterocycles. The van der Waals surface area contributed by atoms with E-state index in [4.69, 9.17) is 9.84 Å². The van der Waals surface area contributed by atoms with Gasteiger partial charge in [0.1, 0.15) is 0 Å². The molecule has 0 aromatic rings. The Morgan fingerprint density at radius 3 is 3.00 bits per heavy atom. The zero-order valence-corrected chi connectivity index (χ0v) is 8.49. The molecule has 1 heterocycles. The summed E-state index contributed by atoms with van der Waals surface area (Å²) in [5, 5.41) is 12.5. The molecule has 4 nitrogen and oxygen atoms in total. The molecule has 2 atom stereocenters. The lowest BCUT2D eigenvalue weighted by Crippen LogP contribution is -2.57. The van der Waals surface area contributed by atoms with Crippen LogP contribution in [-0.4, -0.2) is 62.0 Å². The van der Waals surface area contributed by atoms with Gasteiger partial charge in [-0.05, 0) is 6.92 Å². The molecule has 0 bridgehead atoms. The van der Waals surface area contributed by atoms with Gasteiger partial charge in [-0.25, -0.2) is 0 Å². The van der Waals surface area contributed by atoms with Crippen molar-refractivity contribution in [3.63, 3.8) is 0 Å². The Labute approximate surface area is 79.9 Å². The second kappa shape index (κ2) is 5.54. The molecule has 1 rings (SSSR count). The van der Waals surface area contributed by atoms with Gasteiger partial charge in [-0.3, -0.25) is 4.90 Å². The van der Waals surface area contributed by atoms with Crippen LogP contribution in [0.2, 0.25) is 0 Å². The van der Waals surface area contributed by atoms with E-state index in [9.17, 15) is 0 Å². The molecule has 1 saturated heterocycles. The number of methoxy groups -OCH3 is 1. The SMILES string of the molecule is COCCN1CC(C)NCC1CO. The van der Waals surface area contributed by atoms with Gasteiger partial charge in [0.25, 0.3) is 0 Å². The summed E-state index contributed by atoms with van der Waals surface area (Å²) in [5.74, 6) is 0. The lowest BCUT2D eigenvalue weighted by Gasteiger charge is -2.38. The van der Waals surface area contributed by atoms with E-state index in [-0.39, 0.29) is 12.6 Å². The molecule has 2 N–H and O–H groups in total. The first-order valence-electron chi connectivity index (χ1n) is 4.85. The Balaban J connectivity index is 2.35. The minimum Gasteiger partial charge on any atom is -0.395 e. The van der Waals surface area contributed by atoms with Gasteiger partial charge in [0.15, 0.2) is 0 Å². The maximum Gasteiger partial charge on any atom is 0.0599 e. The van der Waals surface area contributed by atoms with Gasteiger partial charge in [-0.15, -0.1) is 0 Å². The van der Waals surface area contributed by atoms with Crippen molar-refractivity contribution in [2.45, 2.75) is 19.0 Å². The second-order valence-electron chi connectivity index (χ2n) is 3.63. The summed E-state index contributed by atoms with van der Waals surface area (Å²) in [4.78, 5) is 2.28. The van der Waals surface area contributed by atoms with Gasteiger partial charge in [0.05, 0.1) is 13.2 Å². The minimum atomic E-state index is 0.226. The van der Waals surface area contributed by atoms with Crippen LogP contribution < -0.4 is 5.32 Å². The monoisotopic (exact) mass is 188 g/mol. The summed E-state index contributed by atoms with van der Waals surface area (Å²) in [6, 6.07) is 0.769. The Hall–Kier alpha value is -0.160. The summed E-state index contributed by atoms with van der Waals surface area (Å²) in [7, 11) is 1.71. The van der Waals surface area contributed by atoms with Gasteiger partial charge < -0.3 is 15.2 Å². The number of hydrogen-bond acceptors (Lipinski definition) is 4. The van der Waals surface area contributed by atoms with E-state index in [1.807, 2.05) is 0 Å². The van der Waals surface area contributed by atoms with Crippen LogP contribution in [0.4, 0.5) is 0 Å². The lowest BCUT2D eigenvalue weighted by molar-refractivity contribution is 0.0585. The van der Waals surface area contributed by atoms with E-state index in [1.54, 1.807) is 7.11 Å². The number of aliphatic hydroxyl groups is 1. The summed E-state index contributed by atoms with van der Waals surface area (Å²) in [6.45, 7) is 5.91. The summed E-state index contributed by atoms with van der Waals surface area (Å²) in [6.07, 6.45) is 0. The predicted octanol–water partition coefficient (Wildman–Crippen LogP) is -0.713. The molecule has 13 heavy (non-hydrogen) atoms. The van der Waals surface area contributed by atoms with E-state index >= 15 is 0 Å². The molecule has 0 saturated carbocycles. The molecule has 78 valence electrons. The van der Waals surface area contributed by atoms with Gasteiger partial charge in [-0.2, -0.15) is 0 Å². The first-order chi connectivity index (χ1) is 6.27. The summed E-state index contributed by atoms with van der Waals surface area (Å²) >= 11 is 0. The van der Waals surface area contributed by atoms with Crippen LogP contribution in [0.15, 0.2) is 0 Å². The van der Waals surface area contributed by atoms with Crippen molar-refractivity contribution >= 4 is 0 Å². The molecule has 4 heteroatoms. The fraction of sp³-hybridized carbons (Fsp3) is 1.00. The van der Waals surface area contributed by atoms with Crippen LogP contribution in [0.1, 0.15) is 6.92 Å². The first kappa shape index (κ1) is 10.9. The number of ether oxygens (including phenoxy) is 1. The van der Waals surface area contributed by atoms with Crippen LogP contribution in [0.5, 0.6) is 0 Å². The smallest absolute Gasteiger partial charge is 0.0599 e. The first-order valence-corrected chi connectivity index (χ1v) is 4.85. The standard InChI is InChI=1S/C9H20N2O2/c1-8-6-11(3-4-13-2)9(7-12)5-10-8/h8-10,12H,3-7H2,1-2H3. The maximum absolute atomic E-state index is 9.12.